The molecule has 0 bridgehead atoms. The van der Waals surface area contributed by atoms with Crippen LogP contribution >= 0.6 is 11.8 Å². The molecule has 0 unspecified atom stereocenters. The second-order valence-corrected chi connectivity index (χ2v) is 9.04. The van der Waals surface area contributed by atoms with Crippen LogP contribution in [0.1, 0.15) is 52.9 Å². The lowest BCUT2D eigenvalue weighted by Crippen LogP contribution is -2.31. The lowest BCUT2D eigenvalue weighted by atomic mass is 9.87. The molecule has 1 aliphatic carbocycles. The molecule has 0 radical (unpaired) electrons. The maximum atomic E-state index is 13.0. The van der Waals surface area contributed by atoms with Crippen molar-refractivity contribution >= 4 is 29.3 Å². The molecule has 1 aliphatic rings. The summed E-state index contributed by atoms with van der Waals surface area (Å²) in [6.07, 6.45) is 3.05. The van der Waals surface area contributed by atoms with Crippen molar-refractivity contribution in [2.45, 2.75) is 48.9 Å². The molecule has 0 heterocycles. The summed E-state index contributed by atoms with van der Waals surface area (Å²) >= 11 is 1.57. The molecule has 2 N–H and O–H groups in total. The quantitative estimate of drug-likeness (QED) is 0.529. The molecule has 31 heavy (non-hydrogen) atoms. The number of rotatable bonds is 5. The molecule has 0 spiro atoms. The number of amides is 2. The van der Waals surface area contributed by atoms with Gasteiger partial charge in [-0.05, 0) is 67.6 Å². The first kappa shape index (κ1) is 21.2. The zero-order chi connectivity index (χ0) is 21.8. The Morgan fingerprint density at radius 1 is 1.00 bits per heavy atom. The molecule has 0 aromatic heterocycles. The maximum Gasteiger partial charge on any atom is 0.251 e. The lowest BCUT2D eigenvalue weighted by molar-refractivity contribution is -0.114. The van der Waals surface area contributed by atoms with Gasteiger partial charge in [-0.1, -0.05) is 53.7 Å². The number of hydrogen-bond acceptors (Lipinski definition) is 3. The summed E-state index contributed by atoms with van der Waals surface area (Å²) in [5.74, 6) is -0.287. The van der Waals surface area contributed by atoms with Crippen molar-refractivity contribution in [1.29, 1.82) is 0 Å². The van der Waals surface area contributed by atoms with Crippen LogP contribution in [-0.2, 0) is 11.2 Å². The number of fused-ring (bicyclic) bond motifs is 1. The van der Waals surface area contributed by atoms with Crippen molar-refractivity contribution in [1.82, 2.24) is 5.32 Å². The predicted octanol–water partition coefficient (Wildman–Crippen LogP) is 5.91. The van der Waals surface area contributed by atoms with Crippen molar-refractivity contribution in [3.63, 3.8) is 0 Å². The van der Waals surface area contributed by atoms with Gasteiger partial charge in [-0.3, -0.25) is 9.59 Å². The highest BCUT2D eigenvalue weighted by molar-refractivity contribution is 7.99. The molecule has 0 saturated carbocycles. The minimum absolute atomic E-state index is 0.0169. The minimum atomic E-state index is -0.162. The van der Waals surface area contributed by atoms with E-state index in [-0.39, 0.29) is 17.9 Å². The van der Waals surface area contributed by atoms with Crippen molar-refractivity contribution < 1.29 is 9.59 Å². The van der Waals surface area contributed by atoms with Crippen molar-refractivity contribution in [3.05, 3.63) is 89.0 Å². The van der Waals surface area contributed by atoms with E-state index in [1.165, 1.54) is 23.6 Å². The standard InChI is InChI=1S/C26H26N2O2S/c1-17-10-13-21(14-11-17)31-25-15-12-20(16-24(25)27-18(2)29)26(30)28-23-9-5-7-19-6-3-4-8-22(19)23/h3-4,6,8,10-16,23H,5,7,9H2,1-2H3,(H,27,29)(H,28,30)/t23-/m0/s1. The van der Waals surface area contributed by atoms with E-state index in [9.17, 15) is 9.59 Å². The minimum Gasteiger partial charge on any atom is -0.345 e. The third kappa shape index (κ3) is 5.17. The van der Waals surface area contributed by atoms with Crippen LogP contribution in [0.2, 0.25) is 0 Å². The summed E-state index contributed by atoms with van der Waals surface area (Å²) < 4.78 is 0. The van der Waals surface area contributed by atoms with E-state index in [2.05, 4.69) is 54.0 Å². The molecule has 1 atom stereocenters. The number of carbonyl (C=O) groups is 2. The van der Waals surface area contributed by atoms with Gasteiger partial charge in [0.15, 0.2) is 0 Å². The van der Waals surface area contributed by atoms with Crippen LogP contribution in [0.15, 0.2) is 76.5 Å². The SMILES string of the molecule is CC(=O)Nc1cc(C(=O)N[C@H]2CCCc3ccccc32)ccc1Sc1ccc(C)cc1. The van der Waals surface area contributed by atoms with Crippen molar-refractivity contribution in [2.24, 2.45) is 0 Å². The molecule has 5 heteroatoms. The average Bonchev–Trinajstić information content (AvgIpc) is 2.76. The van der Waals surface area contributed by atoms with Crippen molar-refractivity contribution in [2.75, 3.05) is 5.32 Å². The fourth-order valence-corrected chi connectivity index (χ4v) is 4.81. The van der Waals surface area contributed by atoms with Crippen LogP contribution in [0.5, 0.6) is 0 Å². The van der Waals surface area contributed by atoms with Gasteiger partial charge in [-0.25, -0.2) is 0 Å². The fourth-order valence-electron chi connectivity index (χ4n) is 3.93. The zero-order valence-corrected chi connectivity index (χ0v) is 18.6. The Kier molecular flexibility index (Phi) is 6.42. The number of carbonyl (C=O) groups excluding carboxylic acids is 2. The second-order valence-electron chi connectivity index (χ2n) is 7.92. The third-order valence-electron chi connectivity index (χ3n) is 5.48. The normalized spacial score (nSPS) is 15.1. The fraction of sp³-hybridized carbons (Fsp3) is 0.231. The largest absolute Gasteiger partial charge is 0.345 e. The summed E-state index contributed by atoms with van der Waals surface area (Å²) in [6.45, 7) is 3.53. The van der Waals surface area contributed by atoms with Gasteiger partial charge in [-0.15, -0.1) is 0 Å². The van der Waals surface area contributed by atoms with Crippen LogP contribution in [0.25, 0.3) is 0 Å². The number of nitrogens with one attached hydrogen (secondary N) is 2. The first-order chi connectivity index (χ1) is 15.0. The molecule has 4 nitrogen and oxygen atoms in total. The Balaban J connectivity index is 1.56. The van der Waals surface area contributed by atoms with E-state index in [0.717, 1.165) is 29.1 Å². The van der Waals surface area contributed by atoms with Gasteiger partial charge in [0, 0.05) is 22.3 Å². The Hall–Kier alpha value is -3.05. The summed E-state index contributed by atoms with van der Waals surface area (Å²) in [5, 5.41) is 6.07. The third-order valence-corrected chi connectivity index (χ3v) is 6.56. The molecule has 0 fully saturated rings. The highest BCUT2D eigenvalue weighted by atomic mass is 32.2. The smallest absolute Gasteiger partial charge is 0.251 e. The molecular weight excluding hydrogens is 404 g/mol. The van der Waals surface area contributed by atoms with Gasteiger partial charge in [0.2, 0.25) is 5.91 Å². The first-order valence-corrected chi connectivity index (χ1v) is 11.4. The van der Waals surface area contributed by atoms with E-state index >= 15 is 0 Å². The molecule has 0 saturated heterocycles. The van der Waals surface area contributed by atoms with Crippen molar-refractivity contribution in [3.8, 4) is 0 Å². The van der Waals surface area contributed by atoms with Crippen LogP contribution in [-0.4, -0.2) is 11.8 Å². The lowest BCUT2D eigenvalue weighted by Gasteiger charge is -2.26. The Morgan fingerprint density at radius 2 is 1.77 bits per heavy atom. The zero-order valence-electron chi connectivity index (χ0n) is 17.8. The van der Waals surface area contributed by atoms with E-state index in [4.69, 9.17) is 0 Å². The van der Waals surface area contributed by atoms with Crippen LogP contribution < -0.4 is 10.6 Å². The number of benzene rings is 3. The molecule has 158 valence electrons. The van der Waals surface area contributed by atoms with Gasteiger partial charge < -0.3 is 10.6 Å². The maximum absolute atomic E-state index is 13.0. The van der Waals surface area contributed by atoms with E-state index in [1.807, 2.05) is 24.3 Å². The molecule has 2 amide bonds. The molecule has 4 rings (SSSR count). The number of aryl methyl sites for hydroxylation is 2. The summed E-state index contributed by atoms with van der Waals surface area (Å²) in [4.78, 5) is 26.8. The molecule has 3 aromatic carbocycles. The van der Waals surface area contributed by atoms with Gasteiger partial charge in [-0.2, -0.15) is 0 Å². The number of hydrogen-bond donors (Lipinski definition) is 2. The first-order valence-electron chi connectivity index (χ1n) is 10.5. The molecular formula is C26H26N2O2S. The Bertz CT molecular complexity index is 1110. The van der Waals surface area contributed by atoms with Crippen LogP contribution in [0.3, 0.4) is 0 Å². The Morgan fingerprint density at radius 3 is 2.55 bits per heavy atom. The van der Waals surface area contributed by atoms with E-state index in [1.54, 1.807) is 17.8 Å². The molecule has 0 aliphatic heterocycles. The van der Waals surface area contributed by atoms with Gasteiger partial charge >= 0.3 is 0 Å². The van der Waals surface area contributed by atoms with Gasteiger partial charge in [0.1, 0.15) is 0 Å². The highest BCUT2D eigenvalue weighted by Gasteiger charge is 2.22. The number of anilines is 1. The molecule has 3 aromatic rings. The second kappa shape index (κ2) is 9.40. The monoisotopic (exact) mass is 430 g/mol. The average molecular weight is 431 g/mol. The van der Waals surface area contributed by atoms with E-state index in [0.29, 0.717) is 11.3 Å². The topological polar surface area (TPSA) is 58.2 Å². The summed E-state index contributed by atoms with van der Waals surface area (Å²) in [7, 11) is 0. The Labute approximate surface area is 187 Å². The predicted molar refractivity (Wildman–Crippen MR) is 126 cm³/mol. The van der Waals surface area contributed by atoms with E-state index < -0.39 is 0 Å². The summed E-state index contributed by atoms with van der Waals surface area (Å²) in [6, 6.07) is 22.0. The van der Waals surface area contributed by atoms with Crippen LogP contribution in [0, 0.1) is 6.92 Å². The van der Waals surface area contributed by atoms with Gasteiger partial charge in [0.05, 0.1) is 11.7 Å². The van der Waals surface area contributed by atoms with Crippen LogP contribution in [0.4, 0.5) is 5.69 Å². The highest BCUT2D eigenvalue weighted by Crippen LogP contribution is 2.35. The summed E-state index contributed by atoms with van der Waals surface area (Å²) in [5.41, 5.74) is 4.90. The van der Waals surface area contributed by atoms with Gasteiger partial charge in [0.25, 0.3) is 5.91 Å².